The molecule has 0 saturated heterocycles. The van der Waals surface area contributed by atoms with Crippen LogP contribution in [0.25, 0.3) is 0 Å². The molecule has 0 fully saturated rings. The number of nitrogens with zero attached hydrogens (tertiary/aromatic N) is 2. The average Bonchev–Trinajstić information content (AvgIpc) is 2.00. The van der Waals surface area contributed by atoms with Crippen molar-refractivity contribution in [2.45, 2.75) is 25.5 Å². The lowest BCUT2D eigenvalue weighted by Gasteiger charge is -2.17. The van der Waals surface area contributed by atoms with E-state index in [4.69, 9.17) is 5.26 Å². The molecule has 0 N–H and O–H groups in total. The first-order valence-electron chi connectivity index (χ1n) is 4.43. The molecule has 0 aromatic carbocycles. The molecule has 0 saturated carbocycles. The van der Waals surface area contributed by atoms with E-state index in [1.165, 1.54) is 33.3 Å². The highest BCUT2D eigenvalue weighted by Crippen LogP contribution is 2.23. The van der Waals surface area contributed by atoms with Crippen LogP contribution in [0.1, 0.15) is 20.8 Å². The Morgan fingerprint density at radius 3 is 1.94 bits per heavy atom. The van der Waals surface area contributed by atoms with E-state index in [9.17, 15) is 12.6 Å². The molecule has 7 heteroatoms. The molecule has 0 bridgehead atoms. The number of sulfone groups is 1. The second-order valence-corrected chi connectivity index (χ2v) is 9.75. The molecular formula is C9H16N2O3S2. The molecule has 0 unspecified atom stereocenters. The Kier molecular flexibility index (Phi) is 4.31. The summed E-state index contributed by atoms with van der Waals surface area (Å²) in [6.07, 6.45) is 3.60. The van der Waals surface area contributed by atoms with Crippen LogP contribution in [0.3, 0.4) is 0 Å². The molecule has 0 amide bonds. The molecule has 0 spiro atoms. The van der Waals surface area contributed by atoms with Crippen molar-refractivity contribution in [2.24, 2.45) is 4.36 Å². The quantitative estimate of drug-likeness (QED) is 0.703. The fraction of sp³-hybridized carbons (Fsp3) is 0.667. The van der Waals surface area contributed by atoms with Crippen molar-refractivity contribution in [3.63, 3.8) is 0 Å². The van der Waals surface area contributed by atoms with Crippen LogP contribution in [0.15, 0.2) is 15.5 Å². The molecule has 0 atom stereocenters. The summed E-state index contributed by atoms with van der Waals surface area (Å²) in [5, 5.41) is 8.77. The van der Waals surface area contributed by atoms with Crippen molar-refractivity contribution in [3.05, 3.63) is 11.1 Å². The van der Waals surface area contributed by atoms with Gasteiger partial charge in [0.05, 0.1) is 10.9 Å². The van der Waals surface area contributed by atoms with Gasteiger partial charge in [-0.2, -0.15) is 5.26 Å². The van der Waals surface area contributed by atoms with Crippen molar-refractivity contribution in [3.8, 4) is 6.07 Å². The molecular weight excluding hydrogens is 248 g/mol. The van der Waals surface area contributed by atoms with Gasteiger partial charge in [0.1, 0.15) is 6.07 Å². The number of allylic oxidation sites excluding steroid dienone is 1. The summed E-state index contributed by atoms with van der Waals surface area (Å²) in [5.41, 5.74) is 0. The van der Waals surface area contributed by atoms with E-state index in [2.05, 4.69) is 4.36 Å². The minimum absolute atomic E-state index is 0.462. The zero-order valence-electron chi connectivity index (χ0n) is 10.0. The smallest absolute Gasteiger partial charge is 0.194 e. The van der Waals surface area contributed by atoms with Crippen molar-refractivity contribution in [1.82, 2.24) is 0 Å². The minimum Gasteiger partial charge on any atom is -0.250 e. The second kappa shape index (κ2) is 4.55. The first-order chi connectivity index (χ1) is 6.92. The summed E-state index contributed by atoms with van der Waals surface area (Å²) in [5.74, 6) is 0. The zero-order valence-corrected chi connectivity index (χ0v) is 11.6. The summed E-state index contributed by atoms with van der Waals surface area (Å²) in [7, 11) is -6.18. The summed E-state index contributed by atoms with van der Waals surface area (Å²) >= 11 is 0. The fourth-order valence-corrected chi connectivity index (χ4v) is 2.06. The maximum Gasteiger partial charge on any atom is 0.194 e. The first-order valence-corrected chi connectivity index (χ1v) is 8.24. The van der Waals surface area contributed by atoms with Crippen LogP contribution in [-0.2, 0) is 19.6 Å². The Bertz CT molecular complexity index is 543. The largest absolute Gasteiger partial charge is 0.250 e. The molecule has 92 valence electrons. The average molecular weight is 264 g/mol. The van der Waals surface area contributed by atoms with Crippen molar-refractivity contribution >= 4 is 19.6 Å². The maximum absolute atomic E-state index is 11.9. The lowest BCUT2D eigenvalue weighted by molar-refractivity contribution is 0.568. The summed E-state index contributed by atoms with van der Waals surface area (Å²) in [4.78, 5) is -0.462. The fourth-order valence-electron chi connectivity index (χ4n) is 0.663. The molecule has 16 heavy (non-hydrogen) atoms. The number of nitriles is 1. The van der Waals surface area contributed by atoms with Gasteiger partial charge in [-0.05, 0) is 20.8 Å². The number of hydrogen-bond acceptors (Lipinski definition) is 5. The van der Waals surface area contributed by atoms with Crippen LogP contribution in [-0.4, -0.2) is 29.9 Å². The van der Waals surface area contributed by atoms with E-state index < -0.39 is 29.2 Å². The molecule has 0 aromatic rings. The predicted molar refractivity (Wildman–Crippen MR) is 64.8 cm³/mol. The van der Waals surface area contributed by atoms with E-state index in [0.717, 1.165) is 6.20 Å². The molecule has 0 heterocycles. The van der Waals surface area contributed by atoms with Gasteiger partial charge in [0.15, 0.2) is 14.7 Å². The van der Waals surface area contributed by atoms with Crippen LogP contribution in [0.4, 0.5) is 0 Å². The van der Waals surface area contributed by atoms with Gasteiger partial charge in [-0.15, -0.1) is 0 Å². The standard InChI is InChI=1S/C9H16N2O3S2/c1-9(2,3)16(13,14)8(6-10)7-11-15(4,5)12/h7H,1-5H3. The Hall–Kier alpha value is -0.870. The van der Waals surface area contributed by atoms with Crippen LogP contribution >= 0.6 is 0 Å². The molecule has 0 radical (unpaired) electrons. The number of rotatable bonds is 2. The molecule has 0 aliphatic carbocycles. The Labute approximate surface area is 97.3 Å². The van der Waals surface area contributed by atoms with Gasteiger partial charge >= 0.3 is 0 Å². The SMILES string of the molecule is CC(C)(C)S(=O)(=O)C(C#N)=CN=S(C)(C)=O. The van der Waals surface area contributed by atoms with Crippen LogP contribution in [0.2, 0.25) is 0 Å². The van der Waals surface area contributed by atoms with Crippen LogP contribution in [0, 0.1) is 11.3 Å². The predicted octanol–water partition coefficient (Wildman–Crippen LogP) is 1.29. The Balaban J connectivity index is 5.75. The lowest BCUT2D eigenvalue weighted by Crippen LogP contribution is -2.28. The maximum atomic E-state index is 11.9. The van der Waals surface area contributed by atoms with Crippen molar-refractivity contribution < 1.29 is 12.6 Å². The topological polar surface area (TPSA) is 87.4 Å². The van der Waals surface area contributed by atoms with E-state index in [1.807, 2.05) is 0 Å². The van der Waals surface area contributed by atoms with E-state index in [-0.39, 0.29) is 0 Å². The first kappa shape index (κ1) is 15.1. The molecule has 0 rings (SSSR count). The third kappa shape index (κ3) is 3.94. The Morgan fingerprint density at radius 1 is 1.25 bits per heavy atom. The summed E-state index contributed by atoms with van der Waals surface area (Å²) < 4.78 is 37.5. The lowest BCUT2D eigenvalue weighted by atomic mass is 10.3. The highest BCUT2D eigenvalue weighted by molar-refractivity contribution is 7.96. The van der Waals surface area contributed by atoms with E-state index >= 15 is 0 Å². The highest BCUT2D eigenvalue weighted by Gasteiger charge is 2.33. The van der Waals surface area contributed by atoms with Gasteiger partial charge < -0.3 is 0 Å². The monoisotopic (exact) mass is 264 g/mol. The molecule has 5 nitrogen and oxygen atoms in total. The van der Waals surface area contributed by atoms with Gasteiger partial charge in [0.2, 0.25) is 0 Å². The zero-order chi connectivity index (χ0) is 13.2. The normalized spacial score (nSPS) is 14.4. The van der Waals surface area contributed by atoms with Crippen molar-refractivity contribution in [1.29, 1.82) is 5.26 Å². The third-order valence-corrected chi connectivity index (χ3v) is 4.63. The van der Waals surface area contributed by atoms with Crippen molar-refractivity contribution in [2.75, 3.05) is 12.5 Å². The Morgan fingerprint density at radius 2 is 1.69 bits per heavy atom. The molecule has 0 aliphatic rings. The van der Waals surface area contributed by atoms with Crippen LogP contribution in [0.5, 0.6) is 0 Å². The van der Waals surface area contributed by atoms with E-state index in [0.29, 0.717) is 0 Å². The van der Waals surface area contributed by atoms with E-state index in [1.54, 1.807) is 6.07 Å². The van der Waals surface area contributed by atoms with Gasteiger partial charge in [-0.25, -0.2) is 17.0 Å². The summed E-state index contributed by atoms with van der Waals surface area (Å²) in [6, 6.07) is 1.58. The molecule has 0 aliphatic heterocycles. The minimum atomic E-state index is -3.73. The van der Waals surface area contributed by atoms with Gasteiger partial charge in [-0.3, -0.25) is 0 Å². The second-order valence-electron chi connectivity index (χ2n) is 4.51. The third-order valence-electron chi connectivity index (χ3n) is 1.63. The van der Waals surface area contributed by atoms with Crippen LogP contribution < -0.4 is 0 Å². The molecule has 0 aromatic heterocycles. The number of hydrogen-bond donors (Lipinski definition) is 0. The van der Waals surface area contributed by atoms with Gasteiger partial charge in [0.25, 0.3) is 0 Å². The van der Waals surface area contributed by atoms with Gasteiger partial charge in [-0.1, -0.05) is 0 Å². The highest BCUT2D eigenvalue weighted by atomic mass is 32.2. The van der Waals surface area contributed by atoms with Gasteiger partial charge in [0, 0.05) is 22.2 Å². The summed E-state index contributed by atoms with van der Waals surface area (Å²) in [6.45, 7) is 4.47.